The van der Waals surface area contributed by atoms with E-state index < -0.39 is 0 Å². The van der Waals surface area contributed by atoms with Crippen LogP contribution >= 0.6 is 15.9 Å². The lowest BCUT2D eigenvalue weighted by molar-refractivity contribution is 0.199. The van der Waals surface area contributed by atoms with Gasteiger partial charge < -0.3 is 14.8 Å². The molecular formula is C15H23BrN2O2. The molecule has 0 amide bonds. The first kappa shape index (κ1) is 15.6. The first-order chi connectivity index (χ1) is 9.63. The van der Waals surface area contributed by atoms with Crippen molar-refractivity contribution < 1.29 is 9.47 Å². The molecule has 1 aromatic carbocycles. The lowest BCUT2D eigenvalue weighted by atomic mass is 10.1. The van der Waals surface area contributed by atoms with Gasteiger partial charge in [0.25, 0.3) is 0 Å². The van der Waals surface area contributed by atoms with Crippen LogP contribution in [0, 0.1) is 0 Å². The topological polar surface area (TPSA) is 33.7 Å². The molecule has 4 nitrogen and oxygen atoms in total. The van der Waals surface area contributed by atoms with E-state index in [9.17, 15) is 0 Å². The van der Waals surface area contributed by atoms with Crippen molar-refractivity contribution in [3.8, 4) is 11.5 Å². The number of benzene rings is 1. The van der Waals surface area contributed by atoms with Crippen molar-refractivity contribution >= 4 is 15.9 Å². The van der Waals surface area contributed by atoms with E-state index >= 15 is 0 Å². The van der Waals surface area contributed by atoms with Crippen molar-refractivity contribution in [2.75, 3.05) is 33.4 Å². The molecule has 1 fully saturated rings. The van der Waals surface area contributed by atoms with Gasteiger partial charge in [0.2, 0.25) is 0 Å². The fourth-order valence-electron chi connectivity index (χ4n) is 2.59. The Morgan fingerprint density at radius 1 is 1.45 bits per heavy atom. The van der Waals surface area contributed by atoms with Crippen LogP contribution in [0.1, 0.15) is 19.4 Å². The van der Waals surface area contributed by atoms with Crippen molar-refractivity contribution in [3.05, 3.63) is 22.2 Å². The molecule has 1 N–H and O–H groups in total. The van der Waals surface area contributed by atoms with Crippen molar-refractivity contribution in [1.29, 1.82) is 0 Å². The summed E-state index contributed by atoms with van der Waals surface area (Å²) in [5.74, 6) is 1.58. The summed E-state index contributed by atoms with van der Waals surface area (Å²) in [7, 11) is 1.67. The summed E-state index contributed by atoms with van der Waals surface area (Å²) in [4.78, 5) is 2.46. The first-order valence-electron chi connectivity index (χ1n) is 7.09. The molecule has 1 aliphatic heterocycles. The fraction of sp³-hybridized carbons (Fsp3) is 0.600. The van der Waals surface area contributed by atoms with Crippen molar-refractivity contribution in [1.82, 2.24) is 10.2 Å². The molecule has 0 unspecified atom stereocenters. The molecule has 0 spiro atoms. The fourth-order valence-corrected chi connectivity index (χ4v) is 3.24. The maximum Gasteiger partial charge on any atom is 0.174 e. The van der Waals surface area contributed by atoms with Gasteiger partial charge in [-0.3, -0.25) is 4.90 Å². The average molecular weight is 343 g/mol. The molecule has 20 heavy (non-hydrogen) atoms. The Hall–Kier alpha value is -0.780. The number of ether oxygens (including phenoxy) is 2. The summed E-state index contributed by atoms with van der Waals surface area (Å²) < 4.78 is 12.0. The smallest absolute Gasteiger partial charge is 0.174 e. The molecule has 1 aliphatic rings. The summed E-state index contributed by atoms with van der Waals surface area (Å²) in [6.07, 6.45) is 0. The minimum absolute atomic E-state index is 0.553. The van der Waals surface area contributed by atoms with Gasteiger partial charge in [-0.1, -0.05) is 0 Å². The normalized spacial score (nSPS) is 19.9. The zero-order valence-corrected chi connectivity index (χ0v) is 14.0. The maximum atomic E-state index is 5.67. The Kier molecular flexibility index (Phi) is 5.69. The van der Waals surface area contributed by atoms with E-state index in [-0.39, 0.29) is 0 Å². The van der Waals surface area contributed by atoms with Crippen LogP contribution in [0.3, 0.4) is 0 Å². The standard InChI is InChI=1S/C15H23BrN2O2/c1-4-20-14-8-12(7-13(16)15(14)19-3)10-18-6-5-17-11(2)9-18/h7-8,11,17H,4-6,9-10H2,1-3H3/t11-/m0/s1. The molecule has 1 heterocycles. The monoisotopic (exact) mass is 342 g/mol. The molecule has 0 aromatic heterocycles. The Morgan fingerprint density at radius 2 is 2.25 bits per heavy atom. The third kappa shape index (κ3) is 3.87. The van der Waals surface area contributed by atoms with Gasteiger partial charge >= 0.3 is 0 Å². The molecule has 5 heteroatoms. The first-order valence-corrected chi connectivity index (χ1v) is 7.88. The summed E-state index contributed by atoms with van der Waals surface area (Å²) in [6.45, 7) is 8.99. The highest BCUT2D eigenvalue weighted by Gasteiger charge is 2.17. The second-order valence-corrected chi connectivity index (χ2v) is 5.99. The molecule has 112 valence electrons. The summed E-state index contributed by atoms with van der Waals surface area (Å²) in [5, 5.41) is 3.46. The molecule has 0 saturated carbocycles. The molecule has 2 rings (SSSR count). The minimum Gasteiger partial charge on any atom is -0.492 e. The van der Waals surface area contributed by atoms with Gasteiger partial charge in [0.1, 0.15) is 0 Å². The lowest BCUT2D eigenvalue weighted by Crippen LogP contribution is -2.48. The molecular weight excluding hydrogens is 320 g/mol. The SMILES string of the molecule is CCOc1cc(CN2CCN[C@@H](C)C2)cc(Br)c1OC. The number of halogens is 1. The Balaban J connectivity index is 2.15. The van der Waals surface area contributed by atoms with Crippen LogP contribution in [-0.2, 0) is 6.54 Å². The van der Waals surface area contributed by atoms with Gasteiger partial charge in [-0.05, 0) is 47.5 Å². The number of methoxy groups -OCH3 is 1. The van der Waals surface area contributed by atoms with Crippen LogP contribution < -0.4 is 14.8 Å². The van der Waals surface area contributed by atoms with Crippen LogP contribution in [0.2, 0.25) is 0 Å². The highest BCUT2D eigenvalue weighted by Crippen LogP contribution is 2.36. The van der Waals surface area contributed by atoms with Crippen molar-refractivity contribution in [2.45, 2.75) is 26.4 Å². The van der Waals surface area contributed by atoms with E-state index in [1.54, 1.807) is 7.11 Å². The second kappa shape index (κ2) is 7.29. The van der Waals surface area contributed by atoms with E-state index in [1.807, 2.05) is 6.92 Å². The number of hydrogen-bond acceptors (Lipinski definition) is 4. The highest BCUT2D eigenvalue weighted by atomic mass is 79.9. The van der Waals surface area contributed by atoms with Gasteiger partial charge in [0, 0.05) is 32.2 Å². The maximum absolute atomic E-state index is 5.67. The molecule has 1 atom stereocenters. The van der Waals surface area contributed by atoms with Crippen LogP contribution in [0.5, 0.6) is 11.5 Å². The summed E-state index contributed by atoms with van der Waals surface area (Å²) in [5.41, 5.74) is 1.25. The van der Waals surface area contributed by atoms with Crippen LogP contribution in [0.4, 0.5) is 0 Å². The Morgan fingerprint density at radius 3 is 2.90 bits per heavy atom. The van der Waals surface area contributed by atoms with E-state index in [1.165, 1.54) is 5.56 Å². The lowest BCUT2D eigenvalue weighted by Gasteiger charge is -2.32. The zero-order valence-electron chi connectivity index (χ0n) is 12.4. The Bertz CT molecular complexity index is 454. The molecule has 1 aromatic rings. The predicted octanol–water partition coefficient (Wildman–Crippen LogP) is 2.65. The van der Waals surface area contributed by atoms with E-state index in [4.69, 9.17) is 9.47 Å². The third-order valence-electron chi connectivity index (χ3n) is 3.43. The van der Waals surface area contributed by atoms with Gasteiger partial charge in [0.05, 0.1) is 18.2 Å². The van der Waals surface area contributed by atoms with Gasteiger partial charge in [0.15, 0.2) is 11.5 Å². The van der Waals surface area contributed by atoms with Crippen molar-refractivity contribution in [3.63, 3.8) is 0 Å². The van der Waals surface area contributed by atoms with Gasteiger partial charge in [-0.2, -0.15) is 0 Å². The highest BCUT2D eigenvalue weighted by molar-refractivity contribution is 9.10. The average Bonchev–Trinajstić information content (AvgIpc) is 2.39. The van der Waals surface area contributed by atoms with Gasteiger partial charge in [-0.15, -0.1) is 0 Å². The quantitative estimate of drug-likeness (QED) is 0.891. The number of piperazine rings is 1. The number of hydrogen-bond donors (Lipinski definition) is 1. The van der Waals surface area contributed by atoms with Crippen molar-refractivity contribution in [2.24, 2.45) is 0 Å². The number of nitrogens with one attached hydrogen (secondary N) is 1. The third-order valence-corrected chi connectivity index (χ3v) is 4.02. The molecule has 0 radical (unpaired) electrons. The predicted molar refractivity (Wildman–Crippen MR) is 84.6 cm³/mol. The van der Waals surface area contributed by atoms with E-state index in [2.05, 4.69) is 45.2 Å². The van der Waals surface area contributed by atoms with Crippen LogP contribution in [-0.4, -0.2) is 44.3 Å². The second-order valence-electron chi connectivity index (χ2n) is 5.13. The Labute approximate surface area is 129 Å². The zero-order chi connectivity index (χ0) is 14.5. The molecule has 0 aliphatic carbocycles. The summed E-state index contributed by atoms with van der Waals surface area (Å²) in [6, 6.07) is 4.75. The largest absolute Gasteiger partial charge is 0.492 e. The van der Waals surface area contributed by atoms with E-state index in [0.717, 1.165) is 42.2 Å². The minimum atomic E-state index is 0.553. The van der Waals surface area contributed by atoms with Crippen LogP contribution in [0.25, 0.3) is 0 Å². The molecule has 0 bridgehead atoms. The summed E-state index contributed by atoms with van der Waals surface area (Å²) >= 11 is 3.57. The van der Waals surface area contributed by atoms with E-state index in [0.29, 0.717) is 12.6 Å². The van der Waals surface area contributed by atoms with Crippen LogP contribution in [0.15, 0.2) is 16.6 Å². The number of rotatable bonds is 5. The molecule has 1 saturated heterocycles. The number of nitrogens with zero attached hydrogens (tertiary/aromatic N) is 1. The van der Waals surface area contributed by atoms with Gasteiger partial charge in [-0.25, -0.2) is 0 Å².